The average molecular weight is 833 g/mol. The number of rotatable bonds is 3. The van der Waals surface area contributed by atoms with Crippen molar-refractivity contribution in [3.8, 4) is 11.1 Å². The Morgan fingerprint density at radius 2 is 1.05 bits per heavy atom. The fourth-order valence-electron chi connectivity index (χ4n) is 10.2. The van der Waals surface area contributed by atoms with Gasteiger partial charge in [-0.3, -0.25) is 0 Å². The van der Waals surface area contributed by atoms with E-state index in [1.165, 1.54) is 120 Å². The van der Waals surface area contributed by atoms with Gasteiger partial charge >= 0.3 is 0 Å². The van der Waals surface area contributed by atoms with Gasteiger partial charge in [0.25, 0.3) is 6.71 Å². The number of nitrogens with zero attached hydrogens (tertiary/aromatic N) is 2. The Morgan fingerprint density at radius 1 is 0.475 bits per heavy atom. The van der Waals surface area contributed by atoms with Crippen molar-refractivity contribution in [3.05, 3.63) is 147 Å². The molecule has 2 aliphatic heterocycles. The third-order valence-electron chi connectivity index (χ3n) is 13.4. The van der Waals surface area contributed by atoms with Crippen molar-refractivity contribution >= 4 is 99.4 Å². The van der Waals surface area contributed by atoms with Crippen LogP contribution in [-0.4, -0.2) is 6.71 Å². The lowest BCUT2D eigenvalue weighted by molar-refractivity contribution is 0.589. The Kier molecular flexibility index (Phi) is 8.99. The molecule has 0 radical (unpaired) electrons. The maximum atomic E-state index is 2.65. The Hall–Kier alpha value is -5.10. The Labute approximate surface area is 372 Å². The van der Waals surface area contributed by atoms with E-state index in [1.807, 2.05) is 22.7 Å². The Morgan fingerprint density at radius 3 is 1.66 bits per heavy atom. The van der Waals surface area contributed by atoms with Crippen LogP contribution >= 0.6 is 22.7 Å². The minimum absolute atomic E-state index is 0.0180. The smallest absolute Gasteiger partial charge is 0.254 e. The van der Waals surface area contributed by atoms with Crippen LogP contribution in [0.3, 0.4) is 0 Å². The number of hydrogen-bond donors (Lipinski definition) is 0. The minimum Gasteiger partial charge on any atom is -0.311 e. The SMILES string of the molecule is Cc1cc(C(C)(C)C)cc(C)c1N1c2cc(-c3csc4ccccc34)ccc2B2c3c1cccc3N(c1c(C)cc(C(C)(C)C)cc1C)c1sc3ccc(C(C)(C)C)cc3c12. The first-order chi connectivity index (χ1) is 28.8. The number of benzene rings is 6. The molecule has 0 amide bonds. The molecule has 8 aromatic rings. The van der Waals surface area contributed by atoms with Gasteiger partial charge in [0.2, 0.25) is 0 Å². The van der Waals surface area contributed by atoms with Crippen molar-refractivity contribution in [2.75, 3.05) is 9.80 Å². The molecule has 0 aliphatic carbocycles. The molecule has 0 fully saturated rings. The lowest BCUT2D eigenvalue weighted by atomic mass is 9.33. The van der Waals surface area contributed by atoms with Crippen molar-refractivity contribution in [1.29, 1.82) is 0 Å². The maximum Gasteiger partial charge on any atom is 0.254 e. The zero-order valence-electron chi connectivity index (χ0n) is 38.2. The summed E-state index contributed by atoms with van der Waals surface area (Å²) in [7, 11) is 0. The molecule has 6 aromatic carbocycles. The fraction of sp³-hybridized carbons (Fsp3) is 0.286. The van der Waals surface area contributed by atoms with Gasteiger partial charge in [-0.15, -0.1) is 22.7 Å². The number of hydrogen-bond acceptors (Lipinski definition) is 4. The van der Waals surface area contributed by atoms with E-state index in [1.54, 1.807) is 0 Å². The van der Waals surface area contributed by atoms with Gasteiger partial charge in [-0.1, -0.05) is 135 Å². The number of thiophene rings is 2. The van der Waals surface area contributed by atoms with E-state index in [0.29, 0.717) is 0 Å². The molecule has 0 saturated carbocycles. The summed E-state index contributed by atoms with van der Waals surface area (Å²) in [6.45, 7) is 30.3. The van der Waals surface area contributed by atoms with Gasteiger partial charge in [-0.25, -0.2) is 0 Å². The monoisotopic (exact) mass is 832 g/mol. The predicted octanol–water partition coefficient (Wildman–Crippen LogP) is 15.0. The summed E-state index contributed by atoms with van der Waals surface area (Å²) in [6, 6.07) is 40.4. The van der Waals surface area contributed by atoms with Crippen LogP contribution < -0.4 is 26.2 Å². The summed E-state index contributed by atoms with van der Waals surface area (Å²) in [5.74, 6) is 0. The highest BCUT2D eigenvalue weighted by atomic mass is 32.1. The van der Waals surface area contributed by atoms with Gasteiger partial charge in [0.1, 0.15) is 0 Å². The van der Waals surface area contributed by atoms with Gasteiger partial charge in [0.15, 0.2) is 0 Å². The van der Waals surface area contributed by atoms with Crippen molar-refractivity contribution in [3.63, 3.8) is 0 Å². The molecule has 0 saturated heterocycles. The number of fused-ring (bicyclic) bond motifs is 7. The van der Waals surface area contributed by atoms with Gasteiger partial charge in [0.05, 0.1) is 16.4 Å². The van der Waals surface area contributed by atoms with Crippen LogP contribution in [0.2, 0.25) is 0 Å². The van der Waals surface area contributed by atoms with E-state index in [0.717, 1.165) is 0 Å². The molecule has 2 nitrogen and oxygen atoms in total. The molecule has 0 spiro atoms. The van der Waals surface area contributed by atoms with E-state index in [2.05, 4.69) is 208 Å². The van der Waals surface area contributed by atoms with E-state index < -0.39 is 0 Å². The zero-order valence-corrected chi connectivity index (χ0v) is 39.8. The van der Waals surface area contributed by atoms with E-state index >= 15 is 0 Å². The third kappa shape index (κ3) is 6.24. The molecular formula is C56H57BN2S2. The summed E-state index contributed by atoms with van der Waals surface area (Å²) in [5, 5.41) is 6.38. The summed E-state index contributed by atoms with van der Waals surface area (Å²) in [4.78, 5) is 5.29. The second-order valence-electron chi connectivity index (χ2n) is 20.9. The molecular weight excluding hydrogens is 776 g/mol. The fourth-order valence-corrected chi connectivity index (χ4v) is 12.4. The summed E-state index contributed by atoms with van der Waals surface area (Å²) in [5.41, 5.74) is 22.6. The topological polar surface area (TPSA) is 6.48 Å². The normalized spacial score (nSPS) is 13.9. The number of aryl methyl sites for hydroxylation is 4. The molecule has 0 unspecified atom stereocenters. The Balaban J connectivity index is 1.32. The molecule has 0 atom stereocenters. The van der Waals surface area contributed by atoms with Crippen LogP contribution in [0.5, 0.6) is 0 Å². The van der Waals surface area contributed by atoms with Crippen molar-refractivity contribution in [1.82, 2.24) is 0 Å². The maximum absolute atomic E-state index is 2.65. The summed E-state index contributed by atoms with van der Waals surface area (Å²) < 4.78 is 2.66. The molecule has 0 N–H and O–H groups in total. The summed E-state index contributed by atoms with van der Waals surface area (Å²) in [6.07, 6.45) is 0. The molecule has 4 heterocycles. The number of anilines is 6. The van der Waals surface area contributed by atoms with E-state index in [4.69, 9.17) is 0 Å². The van der Waals surface area contributed by atoms with Gasteiger partial charge in [-0.2, -0.15) is 0 Å². The predicted molar refractivity (Wildman–Crippen MR) is 272 cm³/mol. The van der Waals surface area contributed by atoms with E-state index in [-0.39, 0.29) is 23.0 Å². The molecule has 2 aliphatic rings. The molecule has 10 rings (SSSR count). The highest BCUT2D eigenvalue weighted by Gasteiger charge is 2.46. The lowest BCUT2D eigenvalue weighted by Gasteiger charge is -2.44. The first-order valence-electron chi connectivity index (χ1n) is 22.0. The zero-order chi connectivity index (χ0) is 43.1. The van der Waals surface area contributed by atoms with Crippen LogP contribution in [0, 0.1) is 27.7 Å². The summed E-state index contributed by atoms with van der Waals surface area (Å²) >= 11 is 3.80. The van der Waals surface area contributed by atoms with Crippen LogP contribution in [0.15, 0.2) is 109 Å². The van der Waals surface area contributed by atoms with Crippen LogP contribution in [0.1, 0.15) is 101 Å². The first kappa shape index (κ1) is 40.0. The molecule has 61 heavy (non-hydrogen) atoms. The average Bonchev–Trinajstić information content (AvgIpc) is 3.79. The van der Waals surface area contributed by atoms with Gasteiger partial charge < -0.3 is 9.80 Å². The standard InChI is InChI=1S/C56H57BN2S2/c1-32-25-38(55(8,9)10)26-33(2)51(32)58-44-18-16-19-45-50(44)57(43-23-21-36(29-46(43)58)42-31-60-47-20-15-14-17-40(42)47)49-41-30-37(54(5,6)7)22-24-48(41)61-53(49)59(45)52-34(3)27-39(28-35(52)4)56(11,12)13/h14-31H,1-13H3. The van der Waals surface area contributed by atoms with Crippen LogP contribution in [0.4, 0.5) is 33.4 Å². The van der Waals surface area contributed by atoms with Gasteiger partial charge in [0, 0.05) is 37.4 Å². The lowest BCUT2D eigenvalue weighted by Crippen LogP contribution is -2.61. The van der Waals surface area contributed by atoms with Crippen LogP contribution in [-0.2, 0) is 16.2 Å². The largest absolute Gasteiger partial charge is 0.311 e. The van der Waals surface area contributed by atoms with Gasteiger partial charge in [-0.05, 0) is 146 Å². The highest BCUT2D eigenvalue weighted by Crippen LogP contribution is 2.51. The van der Waals surface area contributed by atoms with E-state index in [9.17, 15) is 0 Å². The van der Waals surface area contributed by atoms with Crippen molar-refractivity contribution < 1.29 is 0 Å². The molecule has 306 valence electrons. The van der Waals surface area contributed by atoms with Crippen LogP contribution in [0.25, 0.3) is 31.3 Å². The second-order valence-corrected chi connectivity index (χ2v) is 22.9. The molecule has 0 bridgehead atoms. The Bertz CT molecular complexity index is 3060. The first-order valence-corrected chi connectivity index (χ1v) is 23.6. The highest BCUT2D eigenvalue weighted by molar-refractivity contribution is 7.26. The quantitative estimate of drug-likeness (QED) is 0.164. The molecule has 5 heteroatoms. The third-order valence-corrected chi connectivity index (χ3v) is 15.6. The van der Waals surface area contributed by atoms with Crippen molar-refractivity contribution in [2.24, 2.45) is 0 Å². The second kappa shape index (κ2) is 13.7. The van der Waals surface area contributed by atoms with Crippen molar-refractivity contribution in [2.45, 2.75) is 106 Å². The minimum atomic E-state index is 0.0180. The molecule has 2 aromatic heterocycles.